The molecule has 0 N–H and O–H groups in total. The zero-order valence-electron chi connectivity index (χ0n) is 14.0. The van der Waals surface area contributed by atoms with E-state index in [0.29, 0.717) is 12.0 Å². The Labute approximate surface area is 148 Å². The van der Waals surface area contributed by atoms with Crippen molar-refractivity contribution in [3.63, 3.8) is 0 Å². The molecule has 2 aromatic carbocycles. The molecule has 124 valence electrons. The molecule has 8 rings (SSSR count). The second-order valence-electron chi connectivity index (χ2n) is 7.45. The lowest BCUT2D eigenvalue weighted by Crippen LogP contribution is -2.27. The Kier molecular flexibility index (Phi) is 3.91. The maximum Gasteiger partial charge on any atom is 0.0828 e. The van der Waals surface area contributed by atoms with Gasteiger partial charge in [-0.05, 0) is 53.9 Å². The minimum atomic E-state index is 0.409. The molecule has 0 amide bonds. The van der Waals surface area contributed by atoms with Gasteiger partial charge < -0.3 is 4.74 Å². The molecule has 2 aromatic rings. The van der Waals surface area contributed by atoms with Gasteiger partial charge in [0, 0.05) is 16.9 Å². The van der Waals surface area contributed by atoms with Gasteiger partial charge in [0.05, 0.1) is 12.7 Å². The third kappa shape index (κ3) is 2.51. The van der Waals surface area contributed by atoms with E-state index in [1.165, 1.54) is 37.0 Å². The average molecular weight is 337 g/mol. The van der Waals surface area contributed by atoms with Crippen LogP contribution in [0.5, 0.6) is 0 Å². The highest BCUT2D eigenvalue weighted by atomic mass is 32.2. The van der Waals surface area contributed by atoms with Crippen LogP contribution in [-0.4, -0.2) is 12.4 Å². The van der Waals surface area contributed by atoms with E-state index in [0.717, 1.165) is 17.8 Å². The van der Waals surface area contributed by atoms with Gasteiger partial charge in [0.2, 0.25) is 0 Å². The van der Waals surface area contributed by atoms with Gasteiger partial charge in [0.25, 0.3) is 0 Å². The van der Waals surface area contributed by atoms with Crippen molar-refractivity contribution < 1.29 is 4.74 Å². The maximum atomic E-state index is 5.70. The fraction of sp³-hybridized carbons (Fsp3) is 0.455. The fourth-order valence-corrected chi connectivity index (χ4v) is 6.34. The van der Waals surface area contributed by atoms with Crippen LogP contribution in [-0.2, 0) is 4.74 Å². The molecule has 4 aliphatic heterocycles. The minimum absolute atomic E-state index is 0.409. The molecule has 2 heteroatoms. The van der Waals surface area contributed by atoms with Gasteiger partial charge in [-0.2, -0.15) is 11.8 Å². The molecular weight excluding hydrogens is 312 g/mol. The summed E-state index contributed by atoms with van der Waals surface area (Å²) in [5.41, 5.74) is 6.26. The minimum Gasteiger partial charge on any atom is -0.373 e. The second-order valence-corrected chi connectivity index (χ2v) is 8.69. The Hall–Kier alpha value is -1.25. The van der Waals surface area contributed by atoms with Crippen LogP contribution >= 0.6 is 11.8 Å². The number of fused-ring (bicyclic) bond motifs is 4. The lowest BCUT2D eigenvalue weighted by Gasteiger charge is -2.38. The van der Waals surface area contributed by atoms with E-state index in [9.17, 15) is 0 Å². The maximum absolute atomic E-state index is 5.70. The second kappa shape index (κ2) is 6.24. The number of ether oxygens (including phenoxy) is 1. The summed E-state index contributed by atoms with van der Waals surface area (Å²) < 4.78 is 5.70. The molecule has 4 atom stereocenters. The van der Waals surface area contributed by atoms with Gasteiger partial charge in [-0.15, -0.1) is 0 Å². The van der Waals surface area contributed by atoms with Gasteiger partial charge in [0.1, 0.15) is 0 Å². The van der Waals surface area contributed by atoms with Crippen LogP contribution in [0.4, 0.5) is 0 Å². The Morgan fingerprint density at radius 1 is 0.708 bits per heavy atom. The molecule has 4 unspecified atom stereocenters. The van der Waals surface area contributed by atoms with Crippen LogP contribution in [0.15, 0.2) is 48.5 Å². The number of benzene rings is 2. The molecule has 0 aromatic heterocycles. The summed E-state index contributed by atoms with van der Waals surface area (Å²) >= 11 is 2.16. The molecule has 6 aliphatic rings. The van der Waals surface area contributed by atoms with Crippen molar-refractivity contribution in [3.05, 3.63) is 70.8 Å². The predicted molar refractivity (Wildman–Crippen MR) is 101 cm³/mol. The first-order chi connectivity index (χ1) is 11.9. The van der Waals surface area contributed by atoms with Crippen LogP contribution in [0.3, 0.4) is 0 Å². The summed E-state index contributed by atoms with van der Waals surface area (Å²) in [6.45, 7) is 0.946. The normalized spacial score (nSPS) is 31.7. The predicted octanol–water partition coefficient (Wildman–Crippen LogP) is 5.99. The third-order valence-electron chi connectivity index (χ3n) is 6.12. The Bertz CT molecular complexity index is 599. The lowest BCUT2D eigenvalue weighted by molar-refractivity contribution is -0.0142. The standard InChI is InChI=1S/C11H12O.C11H12S/c2*1-2-4-10-9(3-1)8-5-6-11(10)12-7-8/h2*1-4,8,11H,5-7H2. The molecule has 4 heterocycles. The number of hydrogen-bond acceptors (Lipinski definition) is 2. The number of rotatable bonds is 0. The van der Waals surface area contributed by atoms with Gasteiger partial charge in [0.15, 0.2) is 0 Å². The Balaban J connectivity index is 0.000000109. The van der Waals surface area contributed by atoms with E-state index >= 15 is 0 Å². The molecular formula is C22H24OS. The summed E-state index contributed by atoms with van der Waals surface area (Å²) in [5.74, 6) is 2.92. The zero-order chi connectivity index (χ0) is 15.9. The monoisotopic (exact) mass is 336 g/mol. The molecule has 4 bridgehead atoms. The summed E-state index contributed by atoms with van der Waals surface area (Å²) in [4.78, 5) is 0. The van der Waals surface area contributed by atoms with Crippen molar-refractivity contribution in [1.82, 2.24) is 0 Å². The fourth-order valence-electron chi connectivity index (χ4n) is 4.84. The van der Waals surface area contributed by atoms with E-state index < -0.39 is 0 Å². The van der Waals surface area contributed by atoms with Gasteiger partial charge in [-0.1, -0.05) is 48.5 Å². The van der Waals surface area contributed by atoms with Crippen LogP contribution < -0.4 is 0 Å². The summed E-state index contributed by atoms with van der Waals surface area (Å²) in [5, 5.41) is 0.825. The topological polar surface area (TPSA) is 9.23 Å². The van der Waals surface area contributed by atoms with Crippen molar-refractivity contribution in [1.29, 1.82) is 0 Å². The summed E-state index contributed by atoms with van der Waals surface area (Å²) in [7, 11) is 0. The largest absolute Gasteiger partial charge is 0.373 e. The van der Waals surface area contributed by atoms with Gasteiger partial charge in [-0.3, -0.25) is 0 Å². The lowest BCUT2D eigenvalue weighted by atomic mass is 9.79. The smallest absolute Gasteiger partial charge is 0.0828 e. The quantitative estimate of drug-likeness (QED) is 0.584. The van der Waals surface area contributed by atoms with E-state index in [2.05, 4.69) is 60.3 Å². The molecule has 0 radical (unpaired) electrons. The van der Waals surface area contributed by atoms with E-state index in [1.807, 2.05) is 0 Å². The van der Waals surface area contributed by atoms with Gasteiger partial charge in [-0.25, -0.2) is 0 Å². The first-order valence-electron chi connectivity index (χ1n) is 9.31. The average Bonchev–Trinajstić information content (AvgIpc) is 2.71. The first kappa shape index (κ1) is 15.0. The molecule has 0 saturated carbocycles. The molecule has 2 fully saturated rings. The molecule has 1 nitrogen and oxygen atoms in total. The zero-order valence-corrected chi connectivity index (χ0v) is 14.8. The number of thioether (sulfide) groups is 1. The summed E-state index contributed by atoms with van der Waals surface area (Å²) in [6, 6.07) is 17.7. The van der Waals surface area contributed by atoms with Gasteiger partial charge >= 0.3 is 0 Å². The summed E-state index contributed by atoms with van der Waals surface area (Å²) in [6.07, 6.45) is 5.79. The van der Waals surface area contributed by atoms with Crippen LogP contribution in [0.1, 0.15) is 71.1 Å². The Morgan fingerprint density at radius 2 is 1.38 bits per heavy atom. The van der Waals surface area contributed by atoms with Crippen molar-refractivity contribution in [3.8, 4) is 0 Å². The molecule has 2 saturated heterocycles. The van der Waals surface area contributed by atoms with Crippen molar-refractivity contribution in [2.24, 2.45) is 0 Å². The third-order valence-corrected chi connectivity index (χ3v) is 7.60. The number of hydrogen-bond donors (Lipinski definition) is 0. The highest BCUT2D eigenvalue weighted by Gasteiger charge is 2.33. The van der Waals surface area contributed by atoms with E-state index in [4.69, 9.17) is 4.74 Å². The van der Waals surface area contributed by atoms with Crippen molar-refractivity contribution in [2.75, 3.05) is 12.4 Å². The molecule has 0 spiro atoms. The van der Waals surface area contributed by atoms with E-state index in [1.54, 1.807) is 16.7 Å². The van der Waals surface area contributed by atoms with Crippen molar-refractivity contribution in [2.45, 2.75) is 48.9 Å². The van der Waals surface area contributed by atoms with E-state index in [-0.39, 0.29) is 0 Å². The SMILES string of the molecule is c1ccc2c(c1)C1CCC2OC1.c1ccc2c(c1)C1CCC2SC1. The Morgan fingerprint density at radius 3 is 1.96 bits per heavy atom. The van der Waals surface area contributed by atoms with Crippen LogP contribution in [0, 0.1) is 0 Å². The van der Waals surface area contributed by atoms with Crippen LogP contribution in [0.25, 0.3) is 0 Å². The highest BCUT2D eigenvalue weighted by molar-refractivity contribution is 7.99. The molecule has 24 heavy (non-hydrogen) atoms. The van der Waals surface area contributed by atoms with Crippen molar-refractivity contribution >= 4 is 11.8 Å². The van der Waals surface area contributed by atoms with Crippen LogP contribution in [0.2, 0.25) is 0 Å². The highest BCUT2D eigenvalue weighted by Crippen LogP contribution is 2.51. The molecule has 2 aliphatic carbocycles. The first-order valence-corrected chi connectivity index (χ1v) is 10.4.